The lowest BCUT2D eigenvalue weighted by Gasteiger charge is -2.26. The third-order valence-electron chi connectivity index (χ3n) is 6.55. The highest BCUT2D eigenvalue weighted by Gasteiger charge is 2.36. The number of nitrogens with one attached hydrogen (secondary N) is 2. The average Bonchev–Trinajstić information content (AvgIpc) is 3.42. The molecule has 3 atom stereocenters. The molecule has 4 N–H and O–H groups in total. The number of ether oxygens (including phenoxy) is 3. The van der Waals surface area contributed by atoms with Gasteiger partial charge in [0.2, 0.25) is 5.95 Å². The Morgan fingerprint density at radius 2 is 1.78 bits per heavy atom. The molecular formula is C29H42FN6O8P. The normalized spacial score (nSPS) is 14.0. The first kappa shape index (κ1) is 35.7. The Morgan fingerprint density at radius 3 is 2.44 bits per heavy atom. The maximum Gasteiger partial charge on any atom is 0.342 e. The van der Waals surface area contributed by atoms with Crippen LogP contribution >= 0.6 is 7.52 Å². The molecule has 1 unspecified atom stereocenters. The monoisotopic (exact) mass is 652 g/mol. The molecule has 0 aliphatic heterocycles. The summed E-state index contributed by atoms with van der Waals surface area (Å²) in [5.41, 5.74) is 5.21. The second-order valence-corrected chi connectivity index (χ2v) is 12.4. The van der Waals surface area contributed by atoms with Crippen molar-refractivity contribution < 1.29 is 37.3 Å². The van der Waals surface area contributed by atoms with E-state index in [-0.39, 0.29) is 42.6 Å². The number of nitrogens with two attached hydrogens (primary N) is 1. The molecule has 0 aliphatic carbocycles. The van der Waals surface area contributed by atoms with E-state index in [1.165, 1.54) is 10.9 Å². The highest BCUT2D eigenvalue weighted by atomic mass is 31.2. The second kappa shape index (κ2) is 18.2. The van der Waals surface area contributed by atoms with Gasteiger partial charge in [-0.15, -0.1) is 0 Å². The zero-order valence-corrected chi connectivity index (χ0v) is 26.5. The molecule has 3 rings (SSSR count). The minimum absolute atomic E-state index is 0.00317. The maximum atomic E-state index is 14.2. The van der Waals surface area contributed by atoms with Gasteiger partial charge in [0.1, 0.15) is 30.9 Å². The molecule has 0 amide bonds. The molecule has 2 heterocycles. The van der Waals surface area contributed by atoms with Crippen LogP contribution in [0, 0.1) is 0 Å². The Hall–Kier alpha value is -3.81. The number of unbranched alkanes of at least 4 members (excludes halogenated alkanes) is 4. The Labute approximate surface area is 260 Å². The van der Waals surface area contributed by atoms with Crippen LogP contribution in [0.3, 0.4) is 0 Å². The van der Waals surface area contributed by atoms with Crippen LogP contribution in [0.25, 0.3) is 11.2 Å². The predicted molar refractivity (Wildman–Crippen MR) is 165 cm³/mol. The average molecular weight is 653 g/mol. The number of esters is 2. The van der Waals surface area contributed by atoms with E-state index in [9.17, 15) is 23.3 Å². The number of nitrogen functional groups attached to an aromatic ring is 1. The van der Waals surface area contributed by atoms with Crippen LogP contribution in [-0.4, -0.2) is 69.8 Å². The summed E-state index contributed by atoms with van der Waals surface area (Å²) in [4.78, 5) is 48.3. The van der Waals surface area contributed by atoms with Crippen molar-refractivity contribution in [1.29, 1.82) is 0 Å². The quantitative estimate of drug-likeness (QED) is 0.0850. The molecule has 248 valence electrons. The summed E-state index contributed by atoms with van der Waals surface area (Å²) in [5.74, 6) is -1.45. The Balaban J connectivity index is 1.80. The molecule has 0 fully saturated rings. The molecule has 2 aromatic heterocycles. The SMILES string of the molecule is CCCCCOC(=O)C[C@H](NP(=O)(CO[C@H](CF)Cn1cnc2c(=O)[nH]c(N)nc21)Oc1ccccc1)C(=O)OCCCCC. The number of hydrogen-bond donors (Lipinski definition) is 3. The predicted octanol–water partition coefficient (Wildman–Crippen LogP) is 4.10. The largest absolute Gasteiger partial charge is 0.466 e. The summed E-state index contributed by atoms with van der Waals surface area (Å²) < 4.78 is 52.0. The number of aromatic nitrogens is 4. The van der Waals surface area contributed by atoms with E-state index in [1.807, 2.05) is 13.8 Å². The molecule has 45 heavy (non-hydrogen) atoms. The molecular weight excluding hydrogens is 610 g/mol. The Kier molecular flexibility index (Phi) is 14.4. The lowest BCUT2D eigenvalue weighted by atomic mass is 10.2. The number of halogens is 1. The third kappa shape index (κ3) is 11.6. The number of carbonyl (C=O) groups excluding carboxylic acids is 2. The van der Waals surface area contributed by atoms with Gasteiger partial charge in [0.15, 0.2) is 11.2 Å². The fourth-order valence-corrected chi connectivity index (χ4v) is 5.94. The summed E-state index contributed by atoms with van der Waals surface area (Å²) in [6, 6.07) is 6.74. The number of fused-ring (bicyclic) bond motifs is 1. The molecule has 0 radical (unpaired) electrons. The second-order valence-electron chi connectivity index (χ2n) is 10.4. The van der Waals surface area contributed by atoms with Gasteiger partial charge in [-0.05, 0) is 25.0 Å². The van der Waals surface area contributed by atoms with Crippen molar-refractivity contribution in [3.8, 4) is 5.75 Å². The van der Waals surface area contributed by atoms with Gasteiger partial charge in [-0.1, -0.05) is 57.7 Å². The van der Waals surface area contributed by atoms with Gasteiger partial charge in [0.05, 0.1) is 32.5 Å². The molecule has 3 aromatic rings. The summed E-state index contributed by atoms with van der Waals surface area (Å²) in [7, 11) is -4.17. The number of carbonyl (C=O) groups is 2. The number of benzene rings is 1. The number of aromatic amines is 1. The molecule has 0 spiro atoms. The number of rotatable bonds is 21. The number of para-hydroxylation sites is 1. The van der Waals surface area contributed by atoms with Crippen LogP contribution in [0.5, 0.6) is 5.75 Å². The molecule has 0 aliphatic rings. The van der Waals surface area contributed by atoms with Gasteiger partial charge in [-0.2, -0.15) is 4.98 Å². The maximum absolute atomic E-state index is 14.2. The lowest BCUT2D eigenvalue weighted by Crippen LogP contribution is -2.40. The lowest BCUT2D eigenvalue weighted by molar-refractivity contribution is -0.152. The topological polar surface area (TPSA) is 190 Å². The van der Waals surface area contributed by atoms with E-state index < -0.39 is 56.6 Å². The zero-order chi connectivity index (χ0) is 32.7. The minimum atomic E-state index is -4.17. The molecule has 14 nitrogen and oxygen atoms in total. The van der Waals surface area contributed by atoms with Crippen LogP contribution in [0.1, 0.15) is 58.8 Å². The van der Waals surface area contributed by atoms with Crippen molar-refractivity contribution in [3.05, 3.63) is 47.0 Å². The van der Waals surface area contributed by atoms with Crippen molar-refractivity contribution in [2.75, 3.05) is 32.0 Å². The van der Waals surface area contributed by atoms with Crippen molar-refractivity contribution in [2.45, 2.75) is 77.5 Å². The van der Waals surface area contributed by atoms with E-state index in [0.717, 1.165) is 25.7 Å². The third-order valence-corrected chi connectivity index (χ3v) is 8.25. The fraction of sp³-hybridized carbons (Fsp3) is 0.552. The van der Waals surface area contributed by atoms with Gasteiger partial charge in [-0.3, -0.25) is 23.9 Å². The number of nitrogens with zero attached hydrogens (tertiary/aromatic N) is 3. The number of hydrogen-bond acceptors (Lipinski definition) is 11. The zero-order valence-electron chi connectivity index (χ0n) is 25.6. The number of alkyl halides is 1. The van der Waals surface area contributed by atoms with E-state index in [4.69, 9.17) is 24.5 Å². The summed E-state index contributed by atoms with van der Waals surface area (Å²) in [5, 5.41) is 2.65. The molecule has 0 saturated carbocycles. The Bertz CT molecular complexity index is 1470. The van der Waals surface area contributed by atoms with Crippen molar-refractivity contribution in [2.24, 2.45) is 0 Å². The van der Waals surface area contributed by atoms with Gasteiger partial charge in [-0.25, -0.2) is 14.5 Å². The van der Waals surface area contributed by atoms with E-state index >= 15 is 0 Å². The number of imidazole rings is 1. The van der Waals surface area contributed by atoms with Gasteiger partial charge >= 0.3 is 19.5 Å². The van der Waals surface area contributed by atoms with Crippen LogP contribution in [-0.2, 0) is 34.9 Å². The van der Waals surface area contributed by atoms with Gasteiger partial charge in [0.25, 0.3) is 5.56 Å². The van der Waals surface area contributed by atoms with Crippen molar-refractivity contribution >= 4 is 36.6 Å². The van der Waals surface area contributed by atoms with Crippen molar-refractivity contribution in [3.63, 3.8) is 0 Å². The van der Waals surface area contributed by atoms with Gasteiger partial charge in [0, 0.05) is 0 Å². The summed E-state index contributed by atoms with van der Waals surface area (Å²) in [6.07, 6.45) is 3.76. The summed E-state index contributed by atoms with van der Waals surface area (Å²) in [6.45, 7) is 3.13. The van der Waals surface area contributed by atoms with E-state index in [1.54, 1.807) is 30.3 Å². The van der Waals surface area contributed by atoms with Gasteiger partial charge < -0.3 is 29.0 Å². The van der Waals surface area contributed by atoms with Crippen LogP contribution < -0.4 is 20.9 Å². The highest BCUT2D eigenvalue weighted by molar-refractivity contribution is 7.57. The fourth-order valence-electron chi connectivity index (χ4n) is 4.22. The first-order valence-electron chi connectivity index (χ1n) is 15.0. The van der Waals surface area contributed by atoms with E-state index in [0.29, 0.717) is 12.8 Å². The molecule has 0 bridgehead atoms. The number of H-pyrrole nitrogens is 1. The van der Waals surface area contributed by atoms with Crippen LogP contribution in [0.15, 0.2) is 41.5 Å². The standard InChI is InChI=1S/C29H42FN6O8P/c1-3-5-10-14-41-24(37)16-23(28(39)42-15-11-6-4-2)35-45(40,44-21-12-8-7-9-13-21)20-43-22(17-30)18-36-19-32-25-26(36)33-29(31)34-27(25)38/h7-9,12-13,19,22-23H,3-6,10-11,14-18,20H2,1-2H3,(H,35,40)(H3,31,33,34,38)/t22-,23+,45?/m1/s1. The molecule has 0 saturated heterocycles. The highest BCUT2D eigenvalue weighted by Crippen LogP contribution is 2.44. The van der Waals surface area contributed by atoms with E-state index in [2.05, 4.69) is 20.0 Å². The Morgan fingerprint density at radius 1 is 1.09 bits per heavy atom. The first-order valence-corrected chi connectivity index (χ1v) is 16.8. The van der Waals surface area contributed by atoms with Crippen LogP contribution in [0.4, 0.5) is 10.3 Å². The van der Waals surface area contributed by atoms with Crippen LogP contribution in [0.2, 0.25) is 0 Å². The molecule has 16 heteroatoms. The first-order chi connectivity index (χ1) is 21.7. The van der Waals surface area contributed by atoms with Crippen molar-refractivity contribution in [1.82, 2.24) is 24.6 Å². The molecule has 1 aromatic carbocycles. The number of anilines is 1. The smallest absolute Gasteiger partial charge is 0.342 e. The minimum Gasteiger partial charge on any atom is -0.466 e. The summed E-state index contributed by atoms with van der Waals surface area (Å²) >= 11 is 0.